The van der Waals surface area contributed by atoms with Crippen molar-refractivity contribution in [2.75, 3.05) is 12.0 Å². The van der Waals surface area contributed by atoms with Crippen molar-refractivity contribution in [3.05, 3.63) is 53.1 Å². The summed E-state index contributed by atoms with van der Waals surface area (Å²) in [6.07, 6.45) is -1.51. The number of hydrogen-bond donors (Lipinski definition) is 1. The van der Waals surface area contributed by atoms with Gasteiger partial charge in [0.25, 0.3) is 5.91 Å². The third kappa shape index (κ3) is 2.08. The Kier molecular flexibility index (Phi) is 3.21. The molecule has 0 aromatic heterocycles. The molecule has 5 nitrogen and oxygen atoms in total. The fraction of sp³-hybridized carbons (Fsp3) is 0.235. The summed E-state index contributed by atoms with van der Waals surface area (Å²) in [6, 6.07) is 11.7. The Bertz CT molecular complexity index is 777. The summed E-state index contributed by atoms with van der Waals surface area (Å²) in [4.78, 5) is 14.0. The summed E-state index contributed by atoms with van der Waals surface area (Å²) in [5, 5.41) is 11.2. The molecule has 2 aliphatic rings. The fourth-order valence-corrected chi connectivity index (χ4v) is 3.31. The predicted molar refractivity (Wildman–Crippen MR) is 85.1 cm³/mol. The Labute approximate surface area is 138 Å². The zero-order chi connectivity index (χ0) is 16.1. The SMILES string of the molecule is COc1ccc(N2C(=O)[C@H]3Oc4ccc(Cl)cc4[C@H](O)[C@H]32)cc1. The molecule has 4 rings (SSSR count). The zero-order valence-corrected chi connectivity index (χ0v) is 13.0. The summed E-state index contributed by atoms with van der Waals surface area (Å²) in [7, 11) is 1.58. The molecule has 2 aromatic rings. The number of β-lactam (4-membered cyclic amide) rings is 1. The highest BCUT2D eigenvalue weighted by Gasteiger charge is 2.56. The first kappa shape index (κ1) is 14.4. The first-order valence-electron chi connectivity index (χ1n) is 7.21. The number of rotatable bonds is 2. The maximum absolute atomic E-state index is 12.4. The molecule has 2 aromatic carbocycles. The van der Waals surface area contributed by atoms with Gasteiger partial charge in [0.1, 0.15) is 23.6 Å². The van der Waals surface area contributed by atoms with Crippen LogP contribution in [0.5, 0.6) is 11.5 Å². The number of carbonyl (C=O) groups excluding carboxylic acids is 1. The molecule has 6 heteroatoms. The lowest BCUT2D eigenvalue weighted by atomic mass is 9.85. The van der Waals surface area contributed by atoms with Gasteiger partial charge in [-0.05, 0) is 42.5 Å². The van der Waals surface area contributed by atoms with E-state index in [2.05, 4.69) is 0 Å². The van der Waals surface area contributed by atoms with E-state index in [0.717, 1.165) is 0 Å². The van der Waals surface area contributed by atoms with Gasteiger partial charge in [-0.2, -0.15) is 0 Å². The van der Waals surface area contributed by atoms with Crippen molar-refractivity contribution < 1.29 is 19.4 Å². The lowest BCUT2D eigenvalue weighted by Crippen LogP contribution is -2.70. The summed E-state index contributed by atoms with van der Waals surface area (Å²) in [5.74, 6) is 1.04. The number of aliphatic hydroxyl groups excluding tert-OH is 1. The third-order valence-electron chi connectivity index (χ3n) is 4.31. The number of aliphatic hydroxyl groups is 1. The number of methoxy groups -OCH3 is 1. The van der Waals surface area contributed by atoms with Crippen molar-refractivity contribution in [1.29, 1.82) is 0 Å². The molecule has 3 atom stereocenters. The van der Waals surface area contributed by atoms with Gasteiger partial charge in [0.2, 0.25) is 6.10 Å². The second-order valence-corrected chi connectivity index (χ2v) is 6.00. The van der Waals surface area contributed by atoms with Crippen molar-refractivity contribution in [3.63, 3.8) is 0 Å². The standard InChI is InChI=1S/C17H14ClNO4/c1-22-11-5-3-10(4-6-11)19-14-15(20)12-8-9(18)2-7-13(12)23-16(14)17(19)21/h2-8,14-16,20H,1H3/t14-,15+,16+/m1/s1. The molecule has 1 saturated heterocycles. The number of halogens is 1. The van der Waals surface area contributed by atoms with Crippen LogP contribution in [0.25, 0.3) is 0 Å². The van der Waals surface area contributed by atoms with Crippen LogP contribution in [0.15, 0.2) is 42.5 Å². The summed E-state index contributed by atoms with van der Waals surface area (Å²) < 4.78 is 10.9. The maximum Gasteiger partial charge on any atom is 0.270 e. The summed E-state index contributed by atoms with van der Waals surface area (Å²) in [6.45, 7) is 0. The molecule has 0 radical (unpaired) electrons. The molecule has 0 unspecified atom stereocenters. The molecule has 0 spiro atoms. The molecule has 1 fully saturated rings. The van der Waals surface area contributed by atoms with E-state index >= 15 is 0 Å². The van der Waals surface area contributed by atoms with Gasteiger partial charge in [-0.3, -0.25) is 9.69 Å². The van der Waals surface area contributed by atoms with Crippen LogP contribution < -0.4 is 14.4 Å². The van der Waals surface area contributed by atoms with Crippen molar-refractivity contribution in [2.45, 2.75) is 18.2 Å². The summed E-state index contributed by atoms with van der Waals surface area (Å²) >= 11 is 6.00. The number of nitrogens with zero attached hydrogens (tertiary/aromatic N) is 1. The van der Waals surface area contributed by atoms with Crippen LogP contribution in [-0.2, 0) is 4.79 Å². The van der Waals surface area contributed by atoms with Crippen molar-refractivity contribution >= 4 is 23.2 Å². The van der Waals surface area contributed by atoms with E-state index in [-0.39, 0.29) is 5.91 Å². The monoisotopic (exact) mass is 331 g/mol. The van der Waals surface area contributed by atoms with Crippen LogP contribution in [0.4, 0.5) is 5.69 Å². The lowest BCUT2D eigenvalue weighted by molar-refractivity contribution is -0.141. The minimum Gasteiger partial charge on any atom is -0.497 e. The van der Waals surface area contributed by atoms with Gasteiger partial charge in [-0.25, -0.2) is 0 Å². The van der Waals surface area contributed by atoms with Gasteiger partial charge in [-0.15, -0.1) is 0 Å². The molecule has 1 amide bonds. The summed E-state index contributed by atoms with van der Waals surface area (Å²) in [5.41, 5.74) is 1.30. The second-order valence-electron chi connectivity index (χ2n) is 5.56. The topological polar surface area (TPSA) is 59.0 Å². The molecular formula is C17H14ClNO4. The normalized spacial score (nSPS) is 25.1. The van der Waals surface area contributed by atoms with Crippen LogP contribution in [0.2, 0.25) is 5.02 Å². The number of hydrogen-bond acceptors (Lipinski definition) is 4. The maximum atomic E-state index is 12.4. The largest absolute Gasteiger partial charge is 0.497 e. The molecule has 2 aliphatic heterocycles. The molecule has 118 valence electrons. The number of amides is 1. The number of anilines is 1. The quantitative estimate of drug-likeness (QED) is 0.859. The van der Waals surface area contributed by atoms with E-state index in [1.807, 2.05) is 0 Å². The minimum absolute atomic E-state index is 0.167. The molecule has 0 bridgehead atoms. The van der Waals surface area contributed by atoms with Crippen molar-refractivity contribution in [1.82, 2.24) is 0 Å². The molecule has 2 heterocycles. The van der Waals surface area contributed by atoms with Crippen LogP contribution in [0, 0.1) is 0 Å². The Morgan fingerprint density at radius 3 is 2.65 bits per heavy atom. The predicted octanol–water partition coefficient (Wildman–Crippen LogP) is 2.56. The Morgan fingerprint density at radius 1 is 1.22 bits per heavy atom. The average molecular weight is 332 g/mol. The Hall–Kier alpha value is -2.24. The number of fused-ring (bicyclic) bond motifs is 2. The van der Waals surface area contributed by atoms with Gasteiger partial charge in [0, 0.05) is 16.3 Å². The van der Waals surface area contributed by atoms with Crippen molar-refractivity contribution in [2.24, 2.45) is 0 Å². The van der Waals surface area contributed by atoms with Gasteiger partial charge in [-0.1, -0.05) is 11.6 Å². The lowest BCUT2D eigenvalue weighted by Gasteiger charge is -2.51. The van der Waals surface area contributed by atoms with Crippen LogP contribution >= 0.6 is 11.6 Å². The van der Waals surface area contributed by atoms with E-state index in [1.165, 1.54) is 0 Å². The van der Waals surface area contributed by atoms with Crippen LogP contribution in [-0.4, -0.2) is 30.3 Å². The highest BCUT2D eigenvalue weighted by molar-refractivity contribution is 6.30. The molecule has 0 saturated carbocycles. The van der Waals surface area contributed by atoms with Crippen LogP contribution in [0.3, 0.4) is 0 Å². The molecule has 0 aliphatic carbocycles. The van der Waals surface area contributed by atoms with Crippen molar-refractivity contribution in [3.8, 4) is 11.5 Å². The van der Waals surface area contributed by atoms with E-state index < -0.39 is 18.2 Å². The van der Waals surface area contributed by atoms with Gasteiger partial charge in [0.05, 0.1) is 7.11 Å². The third-order valence-corrected chi connectivity index (χ3v) is 4.54. The first-order chi connectivity index (χ1) is 11.1. The van der Waals surface area contributed by atoms with E-state index in [9.17, 15) is 9.90 Å². The van der Waals surface area contributed by atoms with Gasteiger partial charge < -0.3 is 14.6 Å². The Morgan fingerprint density at radius 2 is 1.96 bits per heavy atom. The molecule has 23 heavy (non-hydrogen) atoms. The number of ether oxygens (including phenoxy) is 2. The van der Waals surface area contributed by atoms with Gasteiger partial charge in [0.15, 0.2) is 0 Å². The number of benzene rings is 2. The van der Waals surface area contributed by atoms with E-state index in [1.54, 1.807) is 54.5 Å². The van der Waals surface area contributed by atoms with Crippen LogP contribution in [0.1, 0.15) is 11.7 Å². The highest BCUT2D eigenvalue weighted by Crippen LogP contribution is 2.45. The fourth-order valence-electron chi connectivity index (χ4n) is 3.13. The molecule has 1 N–H and O–H groups in total. The first-order valence-corrected chi connectivity index (χ1v) is 7.59. The zero-order valence-electron chi connectivity index (χ0n) is 12.3. The smallest absolute Gasteiger partial charge is 0.270 e. The van der Waals surface area contributed by atoms with Gasteiger partial charge >= 0.3 is 0 Å². The Balaban J connectivity index is 1.69. The number of carbonyl (C=O) groups is 1. The second kappa shape index (κ2) is 5.15. The minimum atomic E-state index is -0.845. The molecular weight excluding hydrogens is 318 g/mol. The average Bonchev–Trinajstić information content (AvgIpc) is 2.57. The highest BCUT2D eigenvalue weighted by atomic mass is 35.5. The van der Waals surface area contributed by atoms with E-state index in [0.29, 0.717) is 27.8 Å². The van der Waals surface area contributed by atoms with E-state index in [4.69, 9.17) is 21.1 Å².